The fourth-order valence-corrected chi connectivity index (χ4v) is 5.51. The van der Waals surface area contributed by atoms with Gasteiger partial charge >= 0.3 is 0 Å². The number of ketones is 1. The van der Waals surface area contributed by atoms with Crippen molar-refractivity contribution < 1.29 is 24.9 Å². The topological polar surface area (TPSA) is 90.2 Å². The molecule has 23 heavy (non-hydrogen) atoms. The molecule has 1 aromatic carbocycles. The summed E-state index contributed by atoms with van der Waals surface area (Å²) in [5.41, 5.74) is 1.50. The van der Waals surface area contributed by atoms with Gasteiger partial charge in [-0.25, -0.2) is 0 Å². The highest BCUT2D eigenvalue weighted by molar-refractivity contribution is 5.94. The number of nitrogens with zero attached hydrogens (tertiary/aromatic N) is 1. The molecule has 0 radical (unpaired) electrons. The molecule has 122 valence electrons. The molecule has 6 heteroatoms. The summed E-state index contributed by atoms with van der Waals surface area (Å²) < 4.78 is 5.85. The molecule has 4 aliphatic rings. The zero-order valence-corrected chi connectivity index (χ0v) is 12.8. The summed E-state index contributed by atoms with van der Waals surface area (Å²) in [4.78, 5) is 14.9. The summed E-state index contributed by atoms with van der Waals surface area (Å²) in [5.74, 6) is -2.72. The molecule has 3 N–H and O–H groups in total. The summed E-state index contributed by atoms with van der Waals surface area (Å²) in [7, 11) is 2.04. The summed E-state index contributed by atoms with van der Waals surface area (Å²) in [6.07, 6.45) is 0.594. The Bertz CT molecular complexity index is 745. The van der Waals surface area contributed by atoms with Crippen LogP contribution in [0.5, 0.6) is 11.5 Å². The minimum absolute atomic E-state index is 0.0231. The highest BCUT2D eigenvalue weighted by Gasteiger charge is 2.70. The van der Waals surface area contributed by atoms with E-state index < -0.39 is 23.1 Å². The van der Waals surface area contributed by atoms with Gasteiger partial charge in [-0.05, 0) is 44.0 Å². The number of likely N-dealkylation sites (tertiary alicyclic amines) is 1. The molecule has 2 aliphatic heterocycles. The zero-order valence-electron chi connectivity index (χ0n) is 12.8. The molecule has 1 saturated carbocycles. The van der Waals surface area contributed by atoms with Crippen molar-refractivity contribution in [1.82, 2.24) is 4.90 Å². The van der Waals surface area contributed by atoms with E-state index in [-0.39, 0.29) is 24.1 Å². The fraction of sp³-hybridized carbons (Fsp3) is 0.588. The molecule has 0 amide bonds. The number of rotatable bonds is 0. The van der Waals surface area contributed by atoms with Crippen molar-refractivity contribution in [2.75, 3.05) is 13.6 Å². The third kappa shape index (κ3) is 1.39. The van der Waals surface area contributed by atoms with Crippen molar-refractivity contribution in [3.05, 3.63) is 23.3 Å². The Kier molecular flexibility index (Phi) is 2.33. The Hall–Kier alpha value is -1.63. The molecule has 6 nitrogen and oxygen atoms in total. The number of phenolic OH excluding ortho intramolecular Hbond substituents is 1. The van der Waals surface area contributed by atoms with Crippen molar-refractivity contribution in [2.45, 2.75) is 42.6 Å². The average Bonchev–Trinajstić information content (AvgIpc) is 2.84. The van der Waals surface area contributed by atoms with E-state index in [2.05, 4.69) is 4.90 Å². The second-order valence-corrected chi connectivity index (χ2v) is 7.48. The molecule has 1 saturated heterocycles. The molecular formula is C17H19NO5. The van der Waals surface area contributed by atoms with Crippen LogP contribution in [-0.4, -0.2) is 57.5 Å². The summed E-state index contributed by atoms with van der Waals surface area (Å²) >= 11 is 0. The van der Waals surface area contributed by atoms with E-state index in [0.717, 1.165) is 30.5 Å². The molecule has 0 unspecified atom stereocenters. The first-order valence-corrected chi connectivity index (χ1v) is 8.07. The van der Waals surface area contributed by atoms with Crippen molar-refractivity contribution in [1.29, 1.82) is 0 Å². The van der Waals surface area contributed by atoms with Crippen LogP contribution in [0.3, 0.4) is 0 Å². The number of carbonyl (C=O) groups is 1. The van der Waals surface area contributed by atoms with E-state index in [1.165, 1.54) is 0 Å². The Morgan fingerprint density at radius 2 is 2.13 bits per heavy atom. The molecule has 5 rings (SSSR count). The molecule has 0 aromatic heterocycles. The predicted molar refractivity (Wildman–Crippen MR) is 79.2 cm³/mol. The first kappa shape index (κ1) is 13.8. The Labute approximate surface area is 133 Å². The van der Waals surface area contributed by atoms with Gasteiger partial charge in [0, 0.05) is 23.4 Å². The maximum absolute atomic E-state index is 12.6. The van der Waals surface area contributed by atoms with Gasteiger partial charge in [-0.3, -0.25) is 4.79 Å². The van der Waals surface area contributed by atoms with Crippen LogP contribution < -0.4 is 4.74 Å². The number of aliphatic hydroxyl groups is 2. The van der Waals surface area contributed by atoms with Crippen molar-refractivity contribution >= 4 is 5.78 Å². The number of aromatic hydroxyl groups is 1. The quantitative estimate of drug-likeness (QED) is 0.580. The summed E-state index contributed by atoms with van der Waals surface area (Å²) in [6, 6.07) is 3.66. The minimum Gasteiger partial charge on any atom is -0.504 e. The lowest BCUT2D eigenvalue weighted by Gasteiger charge is -2.58. The number of hydrogen-bond donors (Lipinski definition) is 3. The van der Waals surface area contributed by atoms with Gasteiger partial charge in [0.1, 0.15) is 0 Å². The largest absolute Gasteiger partial charge is 0.504 e. The Balaban J connectivity index is 1.82. The predicted octanol–water partition coefficient (Wildman–Crippen LogP) is -0.0789. The minimum atomic E-state index is -2.36. The summed E-state index contributed by atoms with van der Waals surface area (Å²) in [6.45, 7) is 0.826. The van der Waals surface area contributed by atoms with Gasteiger partial charge in [-0.1, -0.05) is 6.07 Å². The fourth-order valence-electron chi connectivity index (χ4n) is 5.51. The van der Waals surface area contributed by atoms with Crippen molar-refractivity contribution in [3.63, 3.8) is 0 Å². The third-order valence-electron chi connectivity index (χ3n) is 6.53. The Morgan fingerprint density at radius 3 is 2.91 bits per heavy atom. The highest BCUT2D eigenvalue weighted by Crippen LogP contribution is 2.63. The summed E-state index contributed by atoms with van der Waals surface area (Å²) in [5, 5.41) is 30.7. The van der Waals surface area contributed by atoms with Crippen LogP contribution in [0, 0.1) is 5.92 Å². The Morgan fingerprint density at radius 1 is 1.35 bits per heavy atom. The molecule has 1 spiro atoms. The second kappa shape index (κ2) is 3.88. The molecule has 2 bridgehead atoms. The smallest absolute Gasteiger partial charge is 0.232 e. The van der Waals surface area contributed by atoms with Crippen LogP contribution >= 0.6 is 0 Å². The SMILES string of the molecule is CN1CC[C@]23c4c5ccc(O)c4O[C@H]2C(=O)C(O)(O)C[C@H]3[C@H]1C5. The van der Waals surface area contributed by atoms with Gasteiger partial charge in [0.25, 0.3) is 0 Å². The van der Waals surface area contributed by atoms with E-state index in [1.54, 1.807) is 6.07 Å². The van der Waals surface area contributed by atoms with Crippen LogP contribution in [0.2, 0.25) is 0 Å². The lowest BCUT2D eigenvalue weighted by atomic mass is 9.50. The van der Waals surface area contributed by atoms with E-state index >= 15 is 0 Å². The van der Waals surface area contributed by atoms with Crippen LogP contribution in [0.1, 0.15) is 24.0 Å². The number of likely N-dealkylation sites (N-methyl/N-ethyl adjacent to an activating group) is 1. The van der Waals surface area contributed by atoms with Gasteiger partial charge in [0.2, 0.25) is 11.6 Å². The molecular weight excluding hydrogens is 298 g/mol. The molecule has 2 aliphatic carbocycles. The lowest BCUT2D eigenvalue weighted by Crippen LogP contribution is -2.70. The van der Waals surface area contributed by atoms with Gasteiger partial charge < -0.3 is 25.0 Å². The van der Waals surface area contributed by atoms with E-state index in [9.17, 15) is 20.1 Å². The van der Waals surface area contributed by atoms with Crippen LogP contribution in [-0.2, 0) is 16.6 Å². The number of Topliss-reactive ketones (excluding diaryl/α,β-unsaturated/α-hetero) is 1. The molecule has 4 atom stereocenters. The van der Waals surface area contributed by atoms with Gasteiger partial charge in [-0.2, -0.15) is 0 Å². The molecule has 2 fully saturated rings. The number of phenols is 1. The van der Waals surface area contributed by atoms with Crippen LogP contribution in [0.25, 0.3) is 0 Å². The number of ether oxygens (including phenoxy) is 1. The van der Waals surface area contributed by atoms with Crippen LogP contribution in [0.15, 0.2) is 12.1 Å². The van der Waals surface area contributed by atoms with E-state index in [0.29, 0.717) is 5.75 Å². The lowest BCUT2D eigenvalue weighted by molar-refractivity contribution is -0.221. The zero-order chi connectivity index (χ0) is 16.1. The number of benzene rings is 1. The number of piperidine rings is 1. The maximum Gasteiger partial charge on any atom is 0.232 e. The molecule has 2 heterocycles. The first-order chi connectivity index (χ1) is 10.9. The van der Waals surface area contributed by atoms with Crippen LogP contribution in [0.4, 0.5) is 0 Å². The first-order valence-electron chi connectivity index (χ1n) is 8.07. The van der Waals surface area contributed by atoms with Gasteiger partial charge in [0.15, 0.2) is 17.6 Å². The van der Waals surface area contributed by atoms with Crippen molar-refractivity contribution in [2.24, 2.45) is 5.92 Å². The van der Waals surface area contributed by atoms with Gasteiger partial charge in [-0.15, -0.1) is 0 Å². The van der Waals surface area contributed by atoms with E-state index in [1.807, 2.05) is 13.1 Å². The monoisotopic (exact) mass is 317 g/mol. The highest BCUT2D eigenvalue weighted by atomic mass is 16.5. The van der Waals surface area contributed by atoms with Gasteiger partial charge in [0.05, 0.1) is 0 Å². The second-order valence-electron chi connectivity index (χ2n) is 7.48. The number of carbonyl (C=O) groups excluding carboxylic acids is 1. The normalized spacial score (nSPS) is 39.8. The standard InChI is InChI=1S/C17H19NO5/c1-18-5-4-16-9-7-17(21,22)14(20)15(16)23-13-11(19)3-2-8(12(13)16)6-10(9)18/h2-3,9-10,15,19,21-22H,4-7H2,1H3/t9-,10+,15-,16-/m0/s1. The average molecular weight is 317 g/mol. The number of hydrogen-bond acceptors (Lipinski definition) is 6. The van der Waals surface area contributed by atoms with E-state index in [4.69, 9.17) is 4.74 Å². The third-order valence-corrected chi connectivity index (χ3v) is 6.53. The van der Waals surface area contributed by atoms with Crippen molar-refractivity contribution in [3.8, 4) is 11.5 Å². The maximum atomic E-state index is 12.6. The molecule has 1 aromatic rings.